The van der Waals surface area contributed by atoms with Crippen LogP contribution in [0.2, 0.25) is 0 Å². The van der Waals surface area contributed by atoms with Crippen molar-refractivity contribution in [3.63, 3.8) is 0 Å². The molecular formula is C15H10O5S-2. The van der Waals surface area contributed by atoms with E-state index in [1.807, 2.05) is 0 Å². The Labute approximate surface area is 123 Å². The summed E-state index contributed by atoms with van der Waals surface area (Å²) in [5.74, 6) is -2.81. The van der Waals surface area contributed by atoms with Crippen LogP contribution in [0.15, 0.2) is 59.5 Å². The number of carbonyl (C=O) groups is 2. The SMILES string of the molecule is O=C([O-])c1ccc([S@@](=O)[C@H](C(=O)[O-])c2ccccc2)cc1. The van der Waals surface area contributed by atoms with Gasteiger partial charge in [0.1, 0.15) is 5.25 Å². The van der Waals surface area contributed by atoms with Gasteiger partial charge in [-0.05, 0) is 23.3 Å². The van der Waals surface area contributed by atoms with Gasteiger partial charge < -0.3 is 19.8 Å². The van der Waals surface area contributed by atoms with Crippen LogP contribution in [0.4, 0.5) is 0 Å². The maximum absolute atomic E-state index is 12.4. The van der Waals surface area contributed by atoms with Crippen molar-refractivity contribution in [1.29, 1.82) is 0 Å². The normalized spacial score (nSPS) is 13.3. The minimum Gasteiger partial charge on any atom is -0.548 e. The molecule has 108 valence electrons. The van der Waals surface area contributed by atoms with Gasteiger partial charge in [-0.2, -0.15) is 0 Å². The average Bonchev–Trinajstić information content (AvgIpc) is 2.48. The minimum absolute atomic E-state index is 0.0690. The number of benzene rings is 2. The summed E-state index contributed by atoms with van der Waals surface area (Å²) in [5.41, 5.74) is 0.292. The molecule has 0 heterocycles. The van der Waals surface area contributed by atoms with E-state index in [1.165, 1.54) is 24.3 Å². The second kappa shape index (κ2) is 6.32. The molecule has 0 unspecified atom stereocenters. The van der Waals surface area contributed by atoms with Gasteiger partial charge in [0.25, 0.3) is 0 Å². The highest BCUT2D eigenvalue weighted by atomic mass is 32.2. The number of rotatable bonds is 5. The molecule has 0 aromatic heterocycles. The van der Waals surface area contributed by atoms with E-state index in [2.05, 4.69) is 0 Å². The van der Waals surface area contributed by atoms with Crippen LogP contribution < -0.4 is 10.2 Å². The third-order valence-corrected chi connectivity index (χ3v) is 4.48. The molecule has 0 saturated carbocycles. The molecule has 0 amide bonds. The van der Waals surface area contributed by atoms with E-state index in [0.29, 0.717) is 5.56 Å². The van der Waals surface area contributed by atoms with Crippen LogP contribution in [0.25, 0.3) is 0 Å². The molecule has 0 radical (unpaired) electrons. The second-order valence-corrected chi connectivity index (χ2v) is 5.76. The second-order valence-electron chi connectivity index (χ2n) is 4.22. The van der Waals surface area contributed by atoms with Gasteiger partial charge in [0, 0.05) is 4.90 Å². The van der Waals surface area contributed by atoms with Crippen LogP contribution in [0, 0.1) is 0 Å². The molecule has 2 aromatic carbocycles. The van der Waals surface area contributed by atoms with Crippen LogP contribution in [-0.2, 0) is 15.6 Å². The molecule has 21 heavy (non-hydrogen) atoms. The lowest BCUT2D eigenvalue weighted by atomic mass is 10.1. The zero-order chi connectivity index (χ0) is 15.4. The lowest BCUT2D eigenvalue weighted by molar-refractivity contribution is -0.305. The summed E-state index contributed by atoms with van der Waals surface area (Å²) in [4.78, 5) is 22.1. The van der Waals surface area contributed by atoms with Crippen molar-refractivity contribution in [2.45, 2.75) is 10.1 Å². The van der Waals surface area contributed by atoms with Crippen LogP contribution >= 0.6 is 0 Å². The summed E-state index contributed by atoms with van der Waals surface area (Å²) in [6.07, 6.45) is 0. The Kier molecular flexibility index (Phi) is 4.49. The predicted octanol–water partition coefficient (Wildman–Crippen LogP) is -0.351. The van der Waals surface area contributed by atoms with Crippen molar-refractivity contribution in [3.05, 3.63) is 65.7 Å². The smallest absolute Gasteiger partial charge is 0.104 e. The number of carboxylic acids is 2. The first-order valence-electron chi connectivity index (χ1n) is 5.98. The van der Waals surface area contributed by atoms with Crippen molar-refractivity contribution in [2.24, 2.45) is 0 Å². The molecule has 0 saturated heterocycles. The number of hydrogen-bond donors (Lipinski definition) is 0. The number of hydrogen-bond acceptors (Lipinski definition) is 5. The minimum atomic E-state index is -1.90. The first-order chi connectivity index (χ1) is 10.0. The molecule has 0 N–H and O–H groups in total. The molecule has 0 fully saturated rings. The Bertz CT molecular complexity index is 679. The number of aliphatic carboxylic acids is 1. The van der Waals surface area contributed by atoms with Crippen LogP contribution in [0.5, 0.6) is 0 Å². The van der Waals surface area contributed by atoms with Gasteiger partial charge in [-0.1, -0.05) is 42.5 Å². The van der Waals surface area contributed by atoms with E-state index in [4.69, 9.17) is 0 Å². The van der Waals surface area contributed by atoms with Crippen molar-refractivity contribution in [2.75, 3.05) is 0 Å². The van der Waals surface area contributed by atoms with Gasteiger partial charge in [-0.25, -0.2) is 0 Å². The average molecular weight is 302 g/mol. The first kappa shape index (κ1) is 14.9. The van der Waals surface area contributed by atoms with E-state index in [0.717, 1.165) is 0 Å². The summed E-state index contributed by atoms with van der Waals surface area (Å²) < 4.78 is 12.4. The largest absolute Gasteiger partial charge is 0.548 e. The standard InChI is InChI=1S/C15H12O5S/c16-14(17)11-6-8-12(9-7-11)21(20)13(15(18)19)10-4-2-1-3-5-10/h1-9,13H,(H,16,17)(H,18,19)/p-2/t13-,21+/m0/s1. The first-order valence-corrected chi connectivity index (χ1v) is 7.20. The highest BCUT2D eigenvalue weighted by molar-refractivity contribution is 7.86. The Hall–Kier alpha value is -2.47. The lowest BCUT2D eigenvalue weighted by Crippen LogP contribution is -2.32. The third kappa shape index (κ3) is 3.35. The van der Waals surface area contributed by atoms with Gasteiger partial charge >= 0.3 is 0 Å². The molecule has 2 rings (SSSR count). The highest BCUT2D eigenvalue weighted by Gasteiger charge is 2.21. The summed E-state index contributed by atoms with van der Waals surface area (Å²) in [7, 11) is -1.90. The predicted molar refractivity (Wildman–Crippen MR) is 71.4 cm³/mol. The Morgan fingerprint density at radius 1 is 0.905 bits per heavy atom. The molecule has 0 aliphatic carbocycles. The third-order valence-electron chi connectivity index (χ3n) is 2.85. The molecule has 5 nitrogen and oxygen atoms in total. The Balaban J connectivity index is 2.35. The molecule has 0 aliphatic rings. The van der Waals surface area contributed by atoms with E-state index in [9.17, 15) is 24.0 Å². The number of carbonyl (C=O) groups excluding carboxylic acids is 2. The molecule has 6 heteroatoms. The molecular weight excluding hydrogens is 292 g/mol. The zero-order valence-electron chi connectivity index (χ0n) is 10.7. The Morgan fingerprint density at radius 3 is 1.95 bits per heavy atom. The van der Waals surface area contributed by atoms with E-state index in [-0.39, 0.29) is 10.5 Å². The lowest BCUT2D eigenvalue weighted by Gasteiger charge is -2.18. The maximum Gasteiger partial charge on any atom is 0.104 e. The van der Waals surface area contributed by atoms with Gasteiger partial charge in [-0.3, -0.25) is 4.21 Å². The number of carboxylic acid groups (broad SMARTS) is 2. The maximum atomic E-state index is 12.4. The highest BCUT2D eigenvalue weighted by Crippen LogP contribution is 2.25. The van der Waals surface area contributed by atoms with Gasteiger partial charge in [0.2, 0.25) is 0 Å². The Morgan fingerprint density at radius 2 is 1.48 bits per heavy atom. The summed E-state index contributed by atoms with van der Waals surface area (Å²) >= 11 is 0. The van der Waals surface area contributed by atoms with Crippen LogP contribution in [0.1, 0.15) is 21.2 Å². The molecule has 0 spiro atoms. The van der Waals surface area contributed by atoms with Crippen molar-refractivity contribution < 1.29 is 24.0 Å². The quantitative estimate of drug-likeness (QED) is 0.752. The summed E-state index contributed by atoms with van der Waals surface area (Å²) in [6.45, 7) is 0. The monoisotopic (exact) mass is 302 g/mol. The van der Waals surface area contributed by atoms with Gasteiger partial charge in [-0.15, -0.1) is 0 Å². The molecule has 0 aliphatic heterocycles. The number of aromatic carboxylic acids is 1. The van der Waals surface area contributed by atoms with Gasteiger partial charge in [0.15, 0.2) is 0 Å². The summed E-state index contributed by atoms with van der Waals surface area (Å²) in [5, 5.41) is 20.6. The van der Waals surface area contributed by atoms with E-state index >= 15 is 0 Å². The fourth-order valence-corrected chi connectivity index (χ4v) is 3.09. The van der Waals surface area contributed by atoms with Crippen LogP contribution in [-0.4, -0.2) is 16.1 Å². The topological polar surface area (TPSA) is 97.3 Å². The molecule has 2 aromatic rings. The summed E-state index contributed by atoms with van der Waals surface area (Å²) in [6, 6.07) is 13.2. The van der Waals surface area contributed by atoms with Crippen molar-refractivity contribution in [1.82, 2.24) is 0 Å². The van der Waals surface area contributed by atoms with Gasteiger partial charge in [0.05, 0.1) is 22.7 Å². The van der Waals surface area contributed by atoms with E-state index < -0.39 is 28.0 Å². The fraction of sp³-hybridized carbons (Fsp3) is 0.0667. The zero-order valence-corrected chi connectivity index (χ0v) is 11.5. The van der Waals surface area contributed by atoms with E-state index in [1.54, 1.807) is 30.3 Å². The van der Waals surface area contributed by atoms with Crippen molar-refractivity contribution in [3.8, 4) is 0 Å². The molecule has 2 atom stereocenters. The van der Waals surface area contributed by atoms with Crippen molar-refractivity contribution >= 4 is 22.7 Å². The molecule has 0 bridgehead atoms. The van der Waals surface area contributed by atoms with Crippen LogP contribution in [0.3, 0.4) is 0 Å². The fourth-order valence-electron chi connectivity index (χ4n) is 1.84.